The Hall–Kier alpha value is -1.72. The smallest absolute Gasteiger partial charge is 0.285 e. The standard InChI is InChI=1S/C14H15Cl2N3O2/c1-2-9(21-12-6-4-3-5-10(12)15)7-17-11-8-18-19-14(20)13(11)16/h3-6,8-9H,2,7H2,1H3,(H2,17,19,20)/t9-/m0/s1. The Morgan fingerprint density at radius 1 is 1.38 bits per heavy atom. The molecule has 0 aliphatic carbocycles. The van der Waals surface area contributed by atoms with E-state index in [4.69, 9.17) is 27.9 Å². The molecule has 7 heteroatoms. The van der Waals surface area contributed by atoms with Crippen molar-refractivity contribution in [2.75, 3.05) is 11.9 Å². The van der Waals surface area contributed by atoms with Gasteiger partial charge in [-0.2, -0.15) is 5.10 Å². The van der Waals surface area contributed by atoms with Gasteiger partial charge in [0.25, 0.3) is 5.56 Å². The molecule has 1 heterocycles. The topological polar surface area (TPSA) is 67.0 Å². The van der Waals surface area contributed by atoms with Gasteiger partial charge in [-0.1, -0.05) is 42.3 Å². The third-order valence-electron chi connectivity index (χ3n) is 2.90. The SMILES string of the molecule is CC[C@@H](CNc1cn[nH]c(=O)c1Cl)Oc1ccccc1Cl. The first-order valence-corrected chi connectivity index (χ1v) is 7.25. The van der Waals surface area contributed by atoms with E-state index in [2.05, 4.69) is 15.5 Å². The number of aromatic nitrogens is 2. The molecule has 2 rings (SSSR count). The molecule has 0 aliphatic rings. The lowest BCUT2D eigenvalue weighted by Crippen LogP contribution is -2.26. The van der Waals surface area contributed by atoms with Gasteiger partial charge in [0.05, 0.1) is 23.5 Å². The Bertz CT molecular complexity index is 661. The average Bonchev–Trinajstić information content (AvgIpc) is 2.49. The zero-order chi connectivity index (χ0) is 15.2. The van der Waals surface area contributed by atoms with Crippen LogP contribution in [0.3, 0.4) is 0 Å². The summed E-state index contributed by atoms with van der Waals surface area (Å²) in [6, 6.07) is 7.29. The van der Waals surface area contributed by atoms with Crippen LogP contribution in [0.25, 0.3) is 0 Å². The van der Waals surface area contributed by atoms with E-state index in [-0.39, 0.29) is 11.1 Å². The minimum atomic E-state index is -0.429. The van der Waals surface area contributed by atoms with E-state index >= 15 is 0 Å². The van der Waals surface area contributed by atoms with Crippen LogP contribution in [0.4, 0.5) is 5.69 Å². The van der Waals surface area contributed by atoms with Crippen molar-refractivity contribution >= 4 is 28.9 Å². The number of nitrogens with zero attached hydrogens (tertiary/aromatic N) is 1. The van der Waals surface area contributed by atoms with Gasteiger partial charge in [-0.3, -0.25) is 4.79 Å². The molecule has 0 fully saturated rings. The number of hydrogen-bond donors (Lipinski definition) is 2. The van der Waals surface area contributed by atoms with Crippen LogP contribution in [0.2, 0.25) is 10.0 Å². The molecule has 0 radical (unpaired) electrons. The summed E-state index contributed by atoms with van der Waals surface area (Å²) in [7, 11) is 0. The van der Waals surface area contributed by atoms with Gasteiger partial charge < -0.3 is 10.1 Å². The van der Waals surface area contributed by atoms with E-state index in [1.54, 1.807) is 6.07 Å². The van der Waals surface area contributed by atoms with E-state index in [1.165, 1.54) is 6.20 Å². The molecule has 0 saturated heterocycles. The number of ether oxygens (including phenoxy) is 1. The maximum Gasteiger partial charge on any atom is 0.285 e. The average molecular weight is 328 g/mol. The molecule has 2 N–H and O–H groups in total. The maximum atomic E-state index is 11.4. The van der Waals surface area contributed by atoms with Crippen molar-refractivity contribution in [3.8, 4) is 5.75 Å². The molecule has 0 amide bonds. The first kappa shape index (κ1) is 15.7. The lowest BCUT2D eigenvalue weighted by molar-refractivity contribution is 0.210. The molecule has 5 nitrogen and oxygen atoms in total. The highest BCUT2D eigenvalue weighted by Gasteiger charge is 2.12. The molecule has 1 atom stereocenters. The third kappa shape index (κ3) is 4.12. The zero-order valence-electron chi connectivity index (χ0n) is 11.4. The molecule has 1 aromatic carbocycles. The fourth-order valence-corrected chi connectivity index (χ4v) is 2.06. The van der Waals surface area contributed by atoms with Gasteiger partial charge in [0, 0.05) is 0 Å². The van der Waals surface area contributed by atoms with Crippen LogP contribution in [0.15, 0.2) is 35.3 Å². The summed E-state index contributed by atoms with van der Waals surface area (Å²) in [6.07, 6.45) is 2.12. The number of rotatable bonds is 6. The predicted octanol–water partition coefficient (Wildman–Crippen LogP) is 3.35. The van der Waals surface area contributed by atoms with Gasteiger partial charge in [0.2, 0.25) is 0 Å². The summed E-state index contributed by atoms with van der Waals surface area (Å²) in [4.78, 5) is 11.4. The number of anilines is 1. The maximum absolute atomic E-state index is 11.4. The molecular weight excluding hydrogens is 313 g/mol. The number of aromatic amines is 1. The van der Waals surface area contributed by atoms with E-state index < -0.39 is 5.56 Å². The predicted molar refractivity (Wildman–Crippen MR) is 84.5 cm³/mol. The summed E-state index contributed by atoms with van der Waals surface area (Å²) in [5.74, 6) is 0.628. The molecule has 0 spiro atoms. The van der Waals surface area contributed by atoms with Crippen molar-refractivity contribution in [1.82, 2.24) is 10.2 Å². The second kappa shape index (κ2) is 7.33. The minimum absolute atomic E-state index is 0.0811. The van der Waals surface area contributed by atoms with Crippen LogP contribution in [0.1, 0.15) is 13.3 Å². The van der Waals surface area contributed by atoms with Gasteiger partial charge in [-0.15, -0.1) is 0 Å². The second-order valence-corrected chi connectivity index (χ2v) is 5.17. The summed E-state index contributed by atoms with van der Waals surface area (Å²) in [6.45, 7) is 2.48. The number of nitrogens with one attached hydrogen (secondary N) is 2. The molecule has 112 valence electrons. The Morgan fingerprint density at radius 3 is 2.86 bits per heavy atom. The third-order valence-corrected chi connectivity index (χ3v) is 3.59. The van der Waals surface area contributed by atoms with Crippen molar-refractivity contribution in [2.45, 2.75) is 19.4 Å². The minimum Gasteiger partial charge on any atom is -0.487 e. The largest absolute Gasteiger partial charge is 0.487 e. The molecular formula is C14H15Cl2N3O2. The number of halogens is 2. The van der Waals surface area contributed by atoms with Crippen LogP contribution in [0, 0.1) is 0 Å². The quantitative estimate of drug-likeness (QED) is 0.853. The van der Waals surface area contributed by atoms with Gasteiger partial charge in [-0.05, 0) is 18.6 Å². The van der Waals surface area contributed by atoms with Crippen molar-refractivity contribution in [1.29, 1.82) is 0 Å². The van der Waals surface area contributed by atoms with Crippen LogP contribution in [-0.2, 0) is 0 Å². The zero-order valence-corrected chi connectivity index (χ0v) is 12.9. The van der Waals surface area contributed by atoms with Crippen LogP contribution < -0.4 is 15.6 Å². The van der Waals surface area contributed by atoms with Gasteiger partial charge in [0.1, 0.15) is 16.9 Å². The first-order valence-electron chi connectivity index (χ1n) is 6.50. The molecule has 0 aliphatic heterocycles. The summed E-state index contributed by atoms with van der Waals surface area (Å²) < 4.78 is 5.84. The summed E-state index contributed by atoms with van der Waals surface area (Å²) in [5, 5.41) is 9.67. The van der Waals surface area contributed by atoms with Gasteiger partial charge >= 0.3 is 0 Å². The van der Waals surface area contributed by atoms with Crippen LogP contribution in [0.5, 0.6) is 5.75 Å². The van der Waals surface area contributed by atoms with Gasteiger partial charge in [-0.25, -0.2) is 5.10 Å². The molecule has 0 unspecified atom stereocenters. The number of hydrogen-bond acceptors (Lipinski definition) is 4. The summed E-state index contributed by atoms with van der Waals surface area (Å²) >= 11 is 12.0. The second-order valence-electron chi connectivity index (χ2n) is 4.39. The van der Waals surface area contributed by atoms with Crippen molar-refractivity contribution < 1.29 is 4.74 Å². The molecule has 1 aromatic heterocycles. The highest BCUT2D eigenvalue weighted by molar-refractivity contribution is 6.33. The fourth-order valence-electron chi connectivity index (χ4n) is 1.72. The van der Waals surface area contributed by atoms with Gasteiger partial charge in [0.15, 0.2) is 0 Å². The van der Waals surface area contributed by atoms with Crippen LogP contribution >= 0.6 is 23.2 Å². The van der Waals surface area contributed by atoms with Crippen LogP contribution in [-0.4, -0.2) is 22.8 Å². The lowest BCUT2D eigenvalue weighted by atomic mass is 10.2. The summed E-state index contributed by atoms with van der Waals surface area (Å²) in [5.41, 5.74) is 0.0448. The highest BCUT2D eigenvalue weighted by Crippen LogP contribution is 2.25. The Balaban J connectivity index is 2.02. The van der Waals surface area contributed by atoms with Crippen molar-refractivity contribution in [3.05, 3.63) is 50.9 Å². The van der Waals surface area contributed by atoms with E-state index in [0.29, 0.717) is 23.0 Å². The number of H-pyrrole nitrogens is 1. The first-order chi connectivity index (χ1) is 10.1. The fraction of sp³-hybridized carbons (Fsp3) is 0.286. The molecule has 0 saturated carbocycles. The van der Waals surface area contributed by atoms with E-state index in [0.717, 1.165) is 6.42 Å². The van der Waals surface area contributed by atoms with E-state index in [9.17, 15) is 4.79 Å². The Morgan fingerprint density at radius 2 is 2.14 bits per heavy atom. The van der Waals surface area contributed by atoms with Crippen molar-refractivity contribution in [3.63, 3.8) is 0 Å². The molecule has 0 bridgehead atoms. The number of para-hydroxylation sites is 1. The Kier molecular flexibility index (Phi) is 5.47. The Labute approximate surface area is 132 Å². The molecule has 2 aromatic rings. The highest BCUT2D eigenvalue weighted by atomic mass is 35.5. The van der Waals surface area contributed by atoms with Crippen molar-refractivity contribution in [2.24, 2.45) is 0 Å². The normalized spacial score (nSPS) is 12.0. The molecule has 21 heavy (non-hydrogen) atoms. The lowest BCUT2D eigenvalue weighted by Gasteiger charge is -2.19. The number of benzene rings is 1. The monoisotopic (exact) mass is 327 g/mol. The van der Waals surface area contributed by atoms with E-state index in [1.807, 2.05) is 25.1 Å².